The number of anilines is 1. The van der Waals surface area contributed by atoms with Crippen LogP contribution in [-0.4, -0.2) is 42.6 Å². The van der Waals surface area contributed by atoms with E-state index >= 15 is 0 Å². The molecule has 0 aromatic heterocycles. The fraction of sp³-hybridized carbons (Fsp3) is 0.632. The van der Waals surface area contributed by atoms with Gasteiger partial charge in [0.15, 0.2) is 6.04 Å². The van der Waals surface area contributed by atoms with Gasteiger partial charge in [0.1, 0.15) is 5.82 Å². The van der Waals surface area contributed by atoms with E-state index < -0.39 is 0 Å². The zero-order chi connectivity index (χ0) is 16.6. The van der Waals surface area contributed by atoms with Crippen LogP contribution in [0.4, 0.5) is 10.1 Å². The van der Waals surface area contributed by atoms with Crippen molar-refractivity contribution in [2.45, 2.75) is 52.5 Å². The van der Waals surface area contributed by atoms with Crippen molar-refractivity contribution in [3.05, 3.63) is 29.1 Å². The molecule has 129 valence electrons. The van der Waals surface area contributed by atoms with Crippen LogP contribution in [0.25, 0.3) is 0 Å². The number of nitrogens with zero attached hydrogens (tertiary/aromatic N) is 2. The van der Waals surface area contributed by atoms with E-state index in [1.807, 2.05) is 18.7 Å². The molecule has 1 aromatic rings. The fourth-order valence-corrected chi connectivity index (χ4v) is 4.73. The van der Waals surface area contributed by atoms with E-state index in [-0.39, 0.29) is 50.5 Å². The first-order chi connectivity index (χ1) is 11.0. The molecule has 0 saturated carbocycles. The summed E-state index contributed by atoms with van der Waals surface area (Å²) in [5.74, 6) is 0.0270. The summed E-state index contributed by atoms with van der Waals surface area (Å²) in [4.78, 5) is 15.2. The molecule has 5 heteroatoms. The molecule has 0 spiro atoms. The number of piperidine rings is 1. The second-order valence-electron chi connectivity index (χ2n) is 7.23. The molecule has 3 nitrogen and oxygen atoms in total. The number of rotatable bonds is 3. The van der Waals surface area contributed by atoms with Crippen LogP contribution >= 0.6 is 0 Å². The number of halogens is 1. The van der Waals surface area contributed by atoms with Gasteiger partial charge in [-0.1, -0.05) is 0 Å². The molecule has 0 bridgehead atoms. The quantitative estimate of drug-likeness (QED) is 0.701. The number of quaternary nitrogens is 1. The van der Waals surface area contributed by atoms with Gasteiger partial charge in [0.2, 0.25) is 0 Å². The summed E-state index contributed by atoms with van der Waals surface area (Å²) in [7, 11) is 0. The van der Waals surface area contributed by atoms with E-state index in [9.17, 15) is 9.18 Å². The first-order valence-electron chi connectivity index (χ1n) is 8.92. The van der Waals surface area contributed by atoms with Gasteiger partial charge in [-0.15, -0.1) is 0 Å². The Morgan fingerprint density at radius 2 is 1.75 bits per heavy atom. The molecule has 3 rings (SSSR count). The molecular weight excluding hydrogens is 380 g/mol. The monoisotopic (exact) mass is 408 g/mol. The summed E-state index contributed by atoms with van der Waals surface area (Å²) in [5, 5.41) is 0. The van der Waals surface area contributed by atoms with E-state index in [0.29, 0.717) is 0 Å². The SMILES string of the molecule is CC[N+]1(C2CCCN(c3c(C)cc(F)cc3C)C2=O)CCCC1.[Y]. The minimum absolute atomic E-state index is 0. The van der Waals surface area contributed by atoms with E-state index in [4.69, 9.17) is 0 Å². The van der Waals surface area contributed by atoms with E-state index in [1.54, 1.807) is 12.1 Å². The van der Waals surface area contributed by atoms with Crippen LogP contribution in [0.3, 0.4) is 0 Å². The van der Waals surface area contributed by atoms with E-state index in [0.717, 1.165) is 60.3 Å². The Labute approximate surface area is 170 Å². The fourth-order valence-electron chi connectivity index (χ4n) is 4.73. The number of carbonyl (C=O) groups excluding carboxylic acids is 1. The molecule has 1 amide bonds. The van der Waals surface area contributed by atoms with Crippen LogP contribution in [0.2, 0.25) is 0 Å². The van der Waals surface area contributed by atoms with Crippen molar-refractivity contribution in [3.63, 3.8) is 0 Å². The maximum atomic E-state index is 13.6. The minimum atomic E-state index is -0.221. The van der Waals surface area contributed by atoms with Crippen LogP contribution in [-0.2, 0) is 37.5 Å². The van der Waals surface area contributed by atoms with Crippen LogP contribution in [0, 0.1) is 19.7 Å². The standard InChI is InChI=1S/C19H28FN2O.Y/c1-4-22(10-5-6-11-22)17-8-7-9-21(19(17)23)18-14(2)12-16(20)13-15(18)3;/h12-13,17H,4-11H2,1-3H3;/q+1;. The molecule has 2 heterocycles. The van der Waals surface area contributed by atoms with Crippen LogP contribution < -0.4 is 4.90 Å². The second kappa shape index (κ2) is 7.93. The molecule has 0 N–H and O–H groups in total. The Balaban J connectivity index is 0.00000208. The number of likely N-dealkylation sites (tertiary alicyclic amines) is 1. The Morgan fingerprint density at radius 3 is 2.29 bits per heavy atom. The third kappa shape index (κ3) is 3.47. The molecule has 2 aliphatic heterocycles. The molecule has 1 atom stereocenters. The number of amides is 1. The van der Waals surface area contributed by atoms with Gasteiger partial charge in [-0.3, -0.25) is 4.79 Å². The van der Waals surface area contributed by atoms with Gasteiger partial charge in [0.05, 0.1) is 19.6 Å². The van der Waals surface area contributed by atoms with Crippen molar-refractivity contribution in [2.24, 2.45) is 0 Å². The van der Waals surface area contributed by atoms with Gasteiger partial charge < -0.3 is 9.38 Å². The van der Waals surface area contributed by atoms with Crippen molar-refractivity contribution < 1.29 is 46.4 Å². The summed E-state index contributed by atoms with van der Waals surface area (Å²) >= 11 is 0. The predicted molar refractivity (Wildman–Crippen MR) is 91.0 cm³/mol. The average Bonchev–Trinajstić information content (AvgIpc) is 2.98. The summed E-state index contributed by atoms with van der Waals surface area (Å²) in [5.41, 5.74) is 2.65. The van der Waals surface area contributed by atoms with Crippen LogP contribution in [0.15, 0.2) is 12.1 Å². The van der Waals surface area contributed by atoms with Crippen molar-refractivity contribution >= 4 is 11.6 Å². The van der Waals surface area contributed by atoms with Gasteiger partial charge in [-0.2, -0.15) is 0 Å². The van der Waals surface area contributed by atoms with Gasteiger partial charge in [-0.05, 0) is 50.5 Å². The summed E-state index contributed by atoms with van der Waals surface area (Å²) in [6.45, 7) is 10.1. The van der Waals surface area contributed by atoms with Crippen molar-refractivity contribution in [3.8, 4) is 0 Å². The molecule has 2 aliphatic rings. The van der Waals surface area contributed by atoms with Gasteiger partial charge in [0, 0.05) is 64.2 Å². The Hall–Kier alpha value is -0.316. The molecule has 0 aliphatic carbocycles. The minimum Gasteiger partial charge on any atom is -0.314 e. The maximum absolute atomic E-state index is 13.6. The summed E-state index contributed by atoms with van der Waals surface area (Å²) in [6.07, 6.45) is 4.48. The Bertz CT molecular complexity index is 590. The Kier molecular flexibility index (Phi) is 6.61. The third-order valence-corrected chi connectivity index (χ3v) is 5.88. The smallest absolute Gasteiger partial charge is 0.285 e. The summed E-state index contributed by atoms with van der Waals surface area (Å²) in [6, 6.07) is 3.17. The van der Waals surface area contributed by atoms with Crippen LogP contribution in [0.5, 0.6) is 0 Å². The molecule has 24 heavy (non-hydrogen) atoms. The zero-order valence-electron chi connectivity index (χ0n) is 15.1. The maximum Gasteiger partial charge on any atom is 0.285 e. The van der Waals surface area contributed by atoms with E-state index in [1.165, 1.54) is 12.8 Å². The molecular formula is C19H28FN2OY+. The molecule has 1 radical (unpaired) electrons. The first-order valence-corrected chi connectivity index (χ1v) is 8.92. The normalized spacial score (nSPS) is 23.2. The molecule has 1 aromatic carbocycles. The predicted octanol–water partition coefficient (Wildman–Crippen LogP) is 3.57. The topological polar surface area (TPSA) is 20.3 Å². The van der Waals surface area contributed by atoms with Crippen molar-refractivity contribution in [1.82, 2.24) is 0 Å². The van der Waals surface area contributed by atoms with Gasteiger partial charge in [-0.25, -0.2) is 4.39 Å². The van der Waals surface area contributed by atoms with Crippen molar-refractivity contribution in [2.75, 3.05) is 31.1 Å². The van der Waals surface area contributed by atoms with E-state index in [2.05, 4.69) is 6.92 Å². The molecule has 2 saturated heterocycles. The number of aryl methyl sites for hydroxylation is 2. The number of likely N-dealkylation sites (N-methyl/N-ethyl adjacent to an activating group) is 1. The first kappa shape index (κ1) is 20.0. The molecule has 1 unspecified atom stereocenters. The second-order valence-corrected chi connectivity index (χ2v) is 7.23. The number of benzene rings is 1. The number of hydrogen-bond acceptors (Lipinski definition) is 1. The Morgan fingerprint density at radius 1 is 1.17 bits per heavy atom. The van der Waals surface area contributed by atoms with Gasteiger partial charge >= 0.3 is 0 Å². The van der Waals surface area contributed by atoms with Crippen LogP contribution in [0.1, 0.15) is 43.7 Å². The third-order valence-electron chi connectivity index (χ3n) is 5.88. The molecule has 2 fully saturated rings. The largest absolute Gasteiger partial charge is 0.314 e. The zero-order valence-corrected chi connectivity index (χ0v) is 18.0. The summed E-state index contributed by atoms with van der Waals surface area (Å²) < 4.78 is 14.6. The number of carbonyl (C=O) groups is 1. The van der Waals surface area contributed by atoms with Gasteiger partial charge in [0.25, 0.3) is 5.91 Å². The van der Waals surface area contributed by atoms with Crippen molar-refractivity contribution in [1.29, 1.82) is 0 Å². The number of hydrogen-bond donors (Lipinski definition) is 0. The average molecular weight is 408 g/mol.